The van der Waals surface area contributed by atoms with E-state index in [9.17, 15) is 4.79 Å². The van der Waals surface area contributed by atoms with Crippen molar-refractivity contribution in [2.75, 3.05) is 9.24 Å². The van der Waals surface area contributed by atoms with E-state index < -0.39 is 0 Å². The van der Waals surface area contributed by atoms with E-state index in [0.29, 0.717) is 5.70 Å². The lowest BCUT2D eigenvalue weighted by Gasteiger charge is -2.27. The summed E-state index contributed by atoms with van der Waals surface area (Å²) >= 11 is 3.35. The Labute approximate surface area is 111 Å². The van der Waals surface area contributed by atoms with Gasteiger partial charge in [0.1, 0.15) is 5.70 Å². The van der Waals surface area contributed by atoms with Crippen molar-refractivity contribution in [1.29, 1.82) is 0 Å². The zero-order valence-corrected chi connectivity index (χ0v) is 10.6. The molecule has 0 bridgehead atoms. The number of benzene rings is 1. The highest BCUT2D eigenvalue weighted by molar-refractivity contribution is 9.10. The van der Waals surface area contributed by atoms with Crippen LogP contribution in [0.3, 0.4) is 0 Å². The fourth-order valence-electron chi connectivity index (χ4n) is 1.64. The van der Waals surface area contributed by atoms with Crippen LogP contribution in [0.2, 0.25) is 0 Å². The molecule has 6 nitrogen and oxygen atoms in total. The lowest BCUT2D eigenvalue weighted by molar-refractivity contribution is -0.112. The van der Waals surface area contributed by atoms with Crippen LogP contribution in [-0.2, 0) is 4.79 Å². The molecule has 0 spiro atoms. The van der Waals surface area contributed by atoms with Gasteiger partial charge < -0.3 is 9.73 Å². The summed E-state index contributed by atoms with van der Waals surface area (Å²) in [5.41, 5.74) is 1.95. The second-order valence-corrected chi connectivity index (χ2v) is 4.27. The summed E-state index contributed by atoms with van der Waals surface area (Å²) in [5.74, 6) is 0.0211. The van der Waals surface area contributed by atoms with E-state index in [1.807, 2.05) is 24.3 Å². The highest BCUT2D eigenvalue weighted by Crippen LogP contribution is 2.36. The maximum Gasteiger partial charge on any atom is 0.273 e. The molecule has 1 aromatic heterocycles. The van der Waals surface area contributed by atoms with Gasteiger partial charge in [0.25, 0.3) is 5.91 Å². The first-order valence-corrected chi connectivity index (χ1v) is 5.81. The number of hydrogen-bond donors (Lipinski definition) is 1. The summed E-state index contributed by atoms with van der Waals surface area (Å²) in [7, 11) is 0. The minimum absolute atomic E-state index is 0.247. The molecule has 0 saturated heterocycles. The Morgan fingerprint density at radius 1 is 1.39 bits per heavy atom. The van der Waals surface area contributed by atoms with E-state index >= 15 is 0 Å². The number of para-hydroxylation sites is 2. The molecule has 1 aliphatic rings. The minimum atomic E-state index is -0.247. The van der Waals surface area contributed by atoms with E-state index in [-0.39, 0.29) is 11.8 Å². The summed E-state index contributed by atoms with van der Waals surface area (Å²) in [6.07, 6.45) is 2.71. The second kappa shape index (κ2) is 4.26. The molecule has 2 heterocycles. The quantitative estimate of drug-likeness (QED) is 0.646. The van der Waals surface area contributed by atoms with Gasteiger partial charge in [0.15, 0.2) is 0 Å². The summed E-state index contributed by atoms with van der Waals surface area (Å²) in [6.45, 7) is 0. The molecule has 2 aromatic rings. The van der Waals surface area contributed by atoms with Gasteiger partial charge in [0, 0.05) is 6.08 Å². The molecule has 0 radical (unpaired) electrons. The van der Waals surface area contributed by atoms with Crippen LogP contribution in [0.25, 0.3) is 6.08 Å². The lowest BCUT2D eigenvalue weighted by Crippen LogP contribution is -2.29. The number of rotatable bonds is 1. The van der Waals surface area contributed by atoms with Crippen LogP contribution in [0.4, 0.5) is 11.4 Å². The van der Waals surface area contributed by atoms with Gasteiger partial charge in [-0.1, -0.05) is 12.1 Å². The van der Waals surface area contributed by atoms with Gasteiger partial charge in [-0.2, -0.15) is 0 Å². The van der Waals surface area contributed by atoms with Crippen molar-refractivity contribution in [3.8, 4) is 0 Å². The Morgan fingerprint density at radius 3 is 3.00 bits per heavy atom. The first-order chi connectivity index (χ1) is 8.75. The van der Waals surface area contributed by atoms with Crippen molar-refractivity contribution in [3.63, 3.8) is 0 Å². The third kappa shape index (κ3) is 1.78. The molecule has 1 aromatic carbocycles. The van der Waals surface area contributed by atoms with Crippen LogP contribution >= 0.6 is 16.1 Å². The molecule has 0 unspecified atom stereocenters. The number of carbonyl (C=O) groups excluding carboxylic acids is 1. The van der Waals surface area contributed by atoms with Crippen LogP contribution in [0.1, 0.15) is 5.89 Å². The van der Waals surface area contributed by atoms with Gasteiger partial charge in [-0.15, -0.1) is 10.2 Å². The van der Waals surface area contributed by atoms with Crippen LogP contribution in [0.15, 0.2) is 40.8 Å². The summed E-state index contributed by atoms with van der Waals surface area (Å²) in [6, 6.07) is 7.44. The number of amides is 1. The monoisotopic (exact) mass is 306 g/mol. The van der Waals surface area contributed by atoms with Gasteiger partial charge in [0.05, 0.1) is 27.5 Å². The number of anilines is 2. The van der Waals surface area contributed by atoms with E-state index in [1.54, 1.807) is 3.93 Å². The average molecular weight is 307 g/mol. The highest BCUT2D eigenvalue weighted by atomic mass is 79.9. The van der Waals surface area contributed by atoms with Crippen LogP contribution in [0.5, 0.6) is 0 Å². The summed E-state index contributed by atoms with van der Waals surface area (Å²) < 4.78 is 6.60. The predicted octanol–water partition coefficient (Wildman–Crippen LogP) is 2.18. The van der Waals surface area contributed by atoms with E-state index in [2.05, 4.69) is 31.7 Å². The number of nitrogens with zero attached hydrogens (tertiary/aromatic N) is 3. The van der Waals surface area contributed by atoms with Crippen molar-refractivity contribution in [3.05, 3.63) is 42.2 Å². The molecular weight excluding hydrogens is 300 g/mol. The fourth-order valence-corrected chi connectivity index (χ4v) is 2.21. The fraction of sp³-hybridized carbons (Fsp3) is 0. The zero-order chi connectivity index (χ0) is 12.5. The minimum Gasteiger partial charge on any atom is -0.424 e. The van der Waals surface area contributed by atoms with Crippen LogP contribution < -0.4 is 9.24 Å². The van der Waals surface area contributed by atoms with Gasteiger partial charge in [0.2, 0.25) is 12.3 Å². The van der Waals surface area contributed by atoms with E-state index in [0.717, 1.165) is 11.4 Å². The van der Waals surface area contributed by atoms with E-state index in [1.165, 1.54) is 12.5 Å². The normalized spacial score (nSPS) is 16.6. The SMILES string of the molecule is O=C1Nc2ccccc2N(Br)/C1=C\c1nnco1. The zero-order valence-electron chi connectivity index (χ0n) is 9.00. The molecule has 1 amide bonds. The molecule has 18 heavy (non-hydrogen) atoms. The van der Waals surface area contributed by atoms with E-state index in [4.69, 9.17) is 4.42 Å². The highest BCUT2D eigenvalue weighted by Gasteiger charge is 2.26. The Morgan fingerprint density at radius 2 is 2.22 bits per heavy atom. The molecule has 1 N–H and O–H groups in total. The second-order valence-electron chi connectivity index (χ2n) is 3.56. The number of halogens is 1. The molecule has 0 fully saturated rings. The lowest BCUT2D eigenvalue weighted by atomic mass is 10.2. The van der Waals surface area contributed by atoms with Crippen molar-refractivity contribution in [2.45, 2.75) is 0 Å². The Balaban J connectivity index is 2.06. The summed E-state index contributed by atoms with van der Waals surface area (Å²) in [5, 5.41) is 10.1. The Hall–Kier alpha value is -2.15. The van der Waals surface area contributed by atoms with Crippen molar-refractivity contribution < 1.29 is 9.21 Å². The predicted molar refractivity (Wildman–Crippen MR) is 68.8 cm³/mol. The maximum absolute atomic E-state index is 12.0. The Kier molecular flexibility index (Phi) is 2.60. The maximum atomic E-state index is 12.0. The smallest absolute Gasteiger partial charge is 0.273 e. The molecule has 7 heteroatoms. The molecule has 3 rings (SSSR count). The van der Waals surface area contributed by atoms with Gasteiger partial charge in [-0.25, -0.2) is 0 Å². The molecule has 0 aliphatic carbocycles. The number of aromatic nitrogens is 2. The molecule has 1 aliphatic heterocycles. The Bertz CT molecular complexity index is 624. The number of carbonyl (C=O) groups is 1. The van der Waals surface area contributed by atoms with Gasteiger partial charge in [-0.3, -0.25) is 8.72 Å². The first kappa shape index (κ1) is 11.0. The van der Waals surface area contributed by atoms with Crippen molar-refractivity contribution in [2.24, 2.45) is 0 Å². The molecular formula is C11H7BrN4O2. The van der Waals surface area contributed by atoms with Crippen LogP contribution in [-0.4, -0.2) is 16.1 Å². The van der Waals surface area contributed by atoms with Crippen LogP contribution in [0, 0.1) is 0 Å². The average Bonchev–Trinajstić information content (AvgIpc) is 2.87. The first-order valence-electron chi connectivity index (χ1n) is 5.10. The summed E-state index contributed by atoms with van der Waals surface area (Å²) in [4.78, 5) is 12.0. The standard InChI is InChI=1S/C11H7BrN4O2/c12-16-8-4-2-1-3-7(8)14-11(17)9(16)5-10-15-13-6-18-10/h1-6H,(H,14,17)/b9-5-. The van der Waals surface area contributed by atoms with Gasteiger partial charge in [-0.05, 0) is 12.1 Å². The number of nitrogens with one attached hydrogen (secondary N) is 1. The molecule has 90 valence electrons. The molecule has 0 saturated carbocycles. The molecule has 0 atom stereocenters. The van der Waals surface area contributed by atoms with Crippen molar-refractivity contribution >= 4 is 39.5 Å². The largest absolute Gasteiger partial charge is 0.424 e. The van der Waals surface area contributed by atoms with Gasteiger partial charge >= 0.3 is 0 Å². The topological polar surface area (TPSA) is 71.3 Å². The third-order valence-corrected chi connectivity index (χ3v) is 3.21. The third-order valence-electron chi connectivity index (χ3n) is 2.44. The number of hydrogen-bond acceptors (Lipinski definition) is 5. The van der Waals surface area contributed by atoms with Crippen molar-refractivity contribution in [1.82, 2.24) is 10.2 Å². The number of fused-ring (bicyclic) bond motifs is 1.